The molecule has 0 saturated heterocycles. The van der Waals surface area contributed by atoms with E-state index in [0.717, 1.165) is 36.8 Å². The van der Waals surface area contributed by atoms with E-state index in [-0.39, 0.29) is 0 Å². The van der Waals surface area contributed by atoms with E-state index in [1.165, 1.54) is 46.4 Å². The number of unbranched alkanes of at least 4 members (excludes halogenated alkanes) is 2. The molecule has 0 amide bonds. The van der Waals surface area contributed by atoms with Crippen molar-refractivity contribution in [3.63, 3.8) is 0 Å². The van der Waals surface area contributed by atoms with Crippen molar-refractivity contribution >= 4 is 35.7 Å². The van der Waals surface area contributed by atoms with Gasteiger partial charge in [-0.1, -0.05) is 97.8 Å². The van der Waals surface area contributed by atoms with Crippen LogP contribution in [0.4, 0.5) is 0 Å². The van der Waals surface area contributed by atoms with Crippen LogP contribution < -0.4 is 21.2 Å². The molecule has 0 radical (unpaired) electrons. The lowest BCUT2D eigenvalue weighted by Crippen LogP contribution is -2.23. The fourth-order valence-corrected chi connectivity index (χ4v) is 12.3. The van der Waals surface area contributed by atoms with Crippen molar-refractivity contribution in [1.29, 1.82) is 0 Å². The molecule has 0 nitrogen and oxygen atoms in total. The van der Waals surface area contributed by atoms with Crippen LogP contribution in [0.5, 0.6) is 0 Å². The second kappa shape index (κ2) is 15.9. The number of allylic oxidation sites excluding steroid dienone is 2. The summed E-state index contributed by atoms with van der Waals surface area (Å²) in [6.45, 7) is 13.5. The van der Waals surface area contributed by atoms with Crippen LogP contribution in [0.3, 0.4) is 0 Å². The molecule has 0 heterocycles. The summed E-state index contributed by atoms with van der Waals surface area (Å²) in [6.07, 6.45) is 8.94. The summed E-state index contributed by atoms with van der Waals surface area (Å²) in [5.41, 5.74) is 2.06. The van der Waals surface area contributed by atoms with Crippen molar-refractivity contribution in [2.75, 3.05) is 25.7 Å². The van der Waals surface area contributed by atoms with Crippen LogP contribution in [-0.4, -0.2) is 25.7 Å². The SMILES string of the molecule is C=C(C#CC(=C)CCCC[P+](C)(c1ccccc1)c1ccccc1)CCCC[P+](C)(c1ccccc1)c1ccccc1. The summed E-state index contributed by atoms with van der Waals surface area (Å²) in [4.78, 5) is 0. The molecule has 4 rings (SSSR count). The predicted octanol–water partition coefficient (Wildman–Crippen LogP) is 9.04. The fraction of sp³-hybridized carbons (Fsp3) is 0.250. The van der Waals surface area contributed by atoms with Gasteiger partial charge in [0, 0.05) is 0 Å². The highest BCUT2D eigenvalue weighted by Gasteiger charge is 2.37. The zero-order valence-corrected chi connectivity index (χ0v) is 27.3. The van der Waals surface area contributed by atoms with Crippen LogP contribution in [0.25, 0.3) is 0 Å². The molecule has 0 aliphatic rings. The van der Waals surface area contributed by atoms with Crippen LogP contribution in [0.1, 0.15) is 38.5 Å². The van der Waals surface area contributed by atoms with Crippen LogP contribution in [0.2, 0.25) is 0 Å². The van der Waals surface area contributed by atoms with E-state index in [2.05, 4.69) is 160 Å². The molecule has 0 saturated carbocycles. The maximum Gasteiger partial charge on any atom is 0.0988 e. The third kappa shape index (κ3) is 8.65. The highest BCUT2D eigenvalue weighted by molar-refractivity contribution is 7.89. The van der Waals surface area contributed by atoms with Crippen molar-refractivity contribution < 1.29 is 0 Å². The zero-order chi connectivity index (χ0) is 29.7. The van der Waals surface area contributed by atoms with Crippen LogP contribution >= 0.6 is 14.5 Å². The van der Waals surface area contributed by atoms with Gasteiger partial charge >= 0.3 is 0 Å². The van der Waals surface area contributed by atoms with Gasteiger partial charge in [0.15, 0.2) is 0 Å². The molecular formula is C40H46P2+2. The van der Waals surface area contributed by atoms with Crippen molar-refractivity contribution in [1.82, 2.24) is 0 Å². The molecule has 0 spiro atoms. The van der Waals surface area contributed by atoms with Gasteiger partial charge in [-0.05, 0) is 98.2 Å². The van der Waals surface area contributed by atoms with Gasteiger partial charge < -0.3 is 0 Å². The lowest BCUT2D eigenvalue weighted by molar-refractivity contribution is 0.804. The molecule has 0 fully saturated rings. The molecule has 2 heteroatoms. The van der Waals surface area contributed by atoms with Gasteiger partial charge in [0.05, 0.1) is 61.4 Å². The average molecular weight is 589 g/mol. The van der Waals surface area contributed by atoms with E-state index in [0.29, 0.717) is 0 Å². The van der Waals surface area contributed by atoms with Crippen molar-refractivity contribution in [2.45, 2.75) is 38.5 Å². The molecule has 0 bridgehead atoms. The van der Waals surface area contributed by atoms with Crippen LogP contribution in [0.15, 0.2) is 146 Å². The lowest BCUT2D eigenvalue weighted by atomic mass is 10.1. The van der Waals surface area contributed by atoms with Gasteiger partial charge in [0.25, 0.3) is 0 Å². The largest absolute Gasteiger partial charge is 0.0988 e. The Balaban J connectivity index is 1.23. The molecule has 42 heavy (non-hydrogen) atoms. The zero-order valence-electron chi connectivity index (χ0n) is 25.5. The van der Waals surface area contributed by atoms with E-state index in [1.807, 2.05) is 0 Å². The summed E-state index contributed by atoms with van der Waals surface area (Å²) in [6, 6.07) is 44.3. The number of hydrogen-bond donors (Lipinski definition) is 0. The Morgan fingerprint density at radius 2 is 0.714 bits per heavy atom. The van der Waals surface area contributed by atoms with Crippen LogP contribution in [-0.2, 0) is 0 Å². The molecule has 214 valence electrons. The monoisotopic (exact) mass is 588 g/mol. The minimum absolute atomic E-state index is 0.959. The Labute approximate surface area is 256 Å². The van der Waals surface area contributed by atoms with Crippen molar-refractivity contribution in [3.05, 3.63) is 146 Å². The average Bonchev–Trinajstić information content (AvgIpc) is 3.05. The standard InChI is InChI=1S/C40H46P2/c1-35(21-17-19-33-41(3,37-23-9-5-10-24-37)38-25-11-6-12-26-38)31-32-36(2)22-18-20-34-42(4,39-27-13-7-14-28-39)40-29-15-8-16-30-40/h5-16,23-30H,1-2,17-22,33-34H2,3-4H3/q+2. The summed E-state index contributed by atoms with van der Waals surface area (Å²) >= 11 is 0. The van der Waals surface area contributed by atoms with E-state index in [4.69, 9.17) is 0 Å². The smallest absolute Gasteiger partial charge is 0.0874 e. The first-order valence-corrected chi connectivity index (χ1v) is 20.1. The second-order valence-corrected chi connectivity index (χ2v) is 19.3. The van der Waals surface area contributed by atoms with Crippen LogP contribution in [0, 0.1) is 11.8 Å². The lowest BCUT2D eigenvalue weighted by Gasteiger charge is -2.23. The number of benzene rings is 4. The van der Waals surface area contributed by atoms with E-state index in [9.17, 15) is 0 Å². The van der Waals surface area contributed by atoms with Gasteiger partial charge in [-0.25, -0.2) is 0 Å². The maximum absolute atomic E-state index is 4.27. The highest BCUT2D eigenvalue weighted by atomic mass is 31.2. The van der Waals surface area contributed by atoms with Gasteiger partial charge in [-0.15, -0.1) is 0 Å². The van der Waals surface area contributed by atoms with Gasteiger partial charge in [0.1, 0.15) is 0 Å². The Hall–Kier alpha value is -3.22. The molecule has 0 aliphatic carbocycles. The summed E-state index contributed by atoms with van der Waals surface area (Å²) in [7, 11) is -2.82. The minimum Gasteiger partial charge on any atom is -0.0874 e. The highest BCUT2D eigenvalue weighted by Crippen LogP contribution is 2.54. The first-order valence-electron chi connectivity index (χ1n) is 15.2. The quantitative estimate of drug-likeness (QED) is 0.0783. The number of rotatable bonds is 14. The summed E-state index contributed by atoms with van der Waals surface area (Å²) in [5.74, 6) is 6.65. The van der Waals surface area contributed by atoms with Crippen molar-refractivity contribution in [2.24, 2.45) is 0 Å². The maximum atomic E-state index is 4.27. The topological polar surface area (TPSA) is 0 Å². The molecule has 0 atom stereocenters. The van der Waals surface area contributed by atoms with E-state index in [1.54, 1.807) is 0 Å². The normalized spacial score (nSPS) is 11.4. The molecular weight excluding hydrogens is 542 g/mol. The van der Waals surface area contributed by atoms with E-state index < -0.39 is 14.5 Å². The first-order chi connectivity index (χ1) is 20.4. The van der Waals surface area contributed by atoms with E-state index >= 15 is 0 Å². The Kier molecular flexibility index (Phi) is 12.0. The first kappa shape index (κ1) is 31.7. The molecule has 0 N–H and O–H groups in total. The summed E-state index contributed by atoms with van der Waals surface area (Å²) < 4.78 is 0. The molecule has 4 aromatic rings. The predicted molar refractivity (Wildman–Crippen MR) is 193 cm³/mol. The third-order valence-corrected chi connectivity index (χ3v) is 16.6. The Bertz CT molecular complexity index is 1270. The third-order valence-electron chi connectivity index (χ3n) is 8.39. The fourth-order valence-electron chi connectivity index (χ4n) is 5.68. The van der Waals surface area contributed by atoms with Gasteiger partial charge in [-0.3, -0.25) is 0 Å². The molecule has 0 unspecified atom stereocenters. The second-order valence-electron chi connectivity index (χ2n) is 11.5. The molecule has 0 aromatic heterocycles. The molecule has 0 aliphatic heterocycles. The van der Waals surface area contributed by atoms with Gasteiger partial charge in [0.2, 0.25) is 0 Å². The van der Waals surface area contributed by atoms with Crippen molar-refractivity contribution in [3.8, 4) is 11.8 Å². The summed E-state index contributed by atoms with van der Waals surface area (Å²) in [5, 5.41) is 5.95. The number of hydrogen-bond acceptors (Lipinski definition) is 0. The Morgan fingerprint density at radius 3 is 0.976 bits per heavy atom. The van der Waals surface area contributed by atoms with Gasteiger partial charge in [-0.2, -0.15) is 0 Å². The minimum atomic E-state index is -1.41. The molecule has 4 aromatic carbocycles. The Morgan fingerprint density at radius 1 is 0.452 bits per heavy atom.